The van der Waals surface area contributed by atoms with Gasteiger partial charge in [-0.05, 0) is 31.0 Å². The minimum absolute atomic E-state index is 0.0580. The molecular weight excluding hydrogens is 264 g/mol. The molecular formula is C16H20N4O. The van der Waals surface area contributed by atoms with Crippen molar-refractivity contribution in [1.82, 2.24) is 15.1 Å². The molecule has 5 heteroatoms. The molecule has 1 atom stereocenters. The van der Waals surface area contributed by atoms with Crippen LogP contribution in [0.25, 0.3) is 0 Å². The molecule has 3 rings (SSSR count). The number of carbonyl (C=O) groups is 1. The lowest BCUT2D eigenvalue weighted by Gasteiger charge is -2.11. The number of nitrogens with zero attached hydrogens (tertiary/aromatic N) is 2. The van der Waals surface area contributed by atoms with E-state index in [0.717, 1.165) is 18.7 Å². The first-order valence-corrected chi connectivity index (χ1v) is 7.27. The summed E-state index contributed by atoms with van der Waals surface area (Å²) in [6.45, 7) is 3.50. The third-order valence-corrected chi connectivity index (χ3v) is 3.95. The molecule has 0 bridgehead atoms. The van der Waals surface area contributed by atoms with E-state index < -0.39 is 0 Å². The number of aromatic nitrogens is 2. The van der Waals surface area contributed by atoms with Gasteiger partial charge in [0.15, 0.2) is 0 Å². The van der Waals surface area contributed by atoms with Crippen molar-refractivity contribution in [3.05, 3.63) is 47.3 Å². The van der Waals surface area contributed by atoms with E-state index in [4.69, 9.17) is 0 Å². The highest BCUT2D eigenvalue weighted by Gasteiger charge is 2.21. The summed E-state index contributed by atoms with van der Waals surface area (Å²) in [5.41, 5.74) is 4.04. The zero-order valence-electron chi connectivity index (χ0n) is 12.4. The molecule has 1 unspecified atom stereocenters. The van der Waals surface area contributed by atoms with Crippen molar-refractivity contribution in [2.45, 2.75) is 19.3 Å². The first-order chi connectivity index (χ1) is 10.1. The molecule has 0 fully saturated rings. The topological polar surface area (TPSA) is 59.0 Å². The van der Waals surface area contributed by atoms with Crippen molar-refractivity contribution in [3.63, 3.8) is 0 Å². The van der Waals surface area contributed by atoms with Gasteiger partial charge in [-0.3, -0.25) is 9.48 Å². The molecule has 1 aromatic carbocycles. The number of anilines is 1. The number of fused-ring (bicyclic) bond motifs is 1. The lowest BCUT2D eigenvalue weighted by molar-refractivity contribution is 0.0943. The SMILES string of the molecule is Cc1cc(C(=O)NCCC2CNc3ccccc32)n(C)n1. The molecule has 1 amide bonds. The minimum atomic E-state index is -0.0580. The average molecular weight is 284 g/mol. The van der Waals surface area contributed by atoms with Gasteiger partial charge in [0.05, 0.1) is 5.69 Å². The van der Waals surface area contributed by atoms with Crippen molar-refractivity contribution in [1.29, 1.82) is 0 Å². The molecule has 0 saturated carbocycles. The van der Waals surface area contributed by atoms with Gasteiger partial charge < -0.3 is 10.6 Å². The second-order valence-electron chi connectivity index (χ2n) is 5.50. The Morgan fingerprint density at radius 1 is 1.48 bits per heavy atom. The van der Waals surface area contributed by atoms with Crippen LogP contribution < -0.4 is 10.6 Å². The Bertz CT molecular complexity index is 662. The highest BCUT2D eigenvalue weighted by atomic mass is 16.2. The Morgan fingerprint density at radius 2 is 2.29 bits per heavy atom. The van der Waals surface area contributed by atoms with Gasteiger partial charge in [-0.2, -0.15) is 5.10 Å². The summed E-state index contributed by atoms with van der Waals surface area (Å²) in [7, 11) is 1.79. The number of aryl methyl sites for hydroxylation is 2. The van der Waals surface area contributed by atoms with Crippen LogP contribution in [0.2, 0.25) is 0 Å². The highest BCUT2D eigenvalue weighted by molar-refractivity contribution is 5.92. The molecule has 21 heavy (non-hydrogen) atoms. The smallest absolute Gasteiger partial charge is 0.269 e. The number of nitrogens with one attached hydrogen (secondary N) is 2. The molecule has 110 valence electrons. The normalized spacial score (nSPS) is 16.4. The molecule has 1 aliphatic heterocycles. The predicted octanol–water partition coefficient (Wildman–Crippen LogP) is 2.06. The van der Waals surface area contributed by atoms with E-state index >= 15 is 0 Å². The van der Waals surface area contributed by atoms with Crippen LogP contribution in [-0.4, -0.2) is 28.8 Å². The van der Waals surface area contributed by atoms with Crippen molar-refractivity contribution >= 4 is 11.6 Å². The average Bonchev–Trinajstić information content (AvgIpc) is 3.02. The summed E-state index contributed by atoms with van der Waals surface area (Å²) < 4.78 is 1.62. The maximum absolute atomic E-state index is 12.1. The third kappa shape index (κ3) is 2.77. The number of benzene rings is 1. The maximum Gasteiger partial charge on any atom is 0.269 e. The fraction of sp³-hybridized carbons (Fsp3) is 0.375. The Morgan fingerprint density at radius 3 is 3.05 bits per heavy atom. The summed E-state index contributed by atoms with van der Waals surface area (Å²) in [5, 5.41) is 10.6. The first-order valence-electron chi connectivity index (χ1n) is 7.27. The van der Waals surface area contributed by atoms with Gasteiger partial charge in [-0.15, -0.1) is 0 Å². The standard InChI is InChI=1S/C16H20N4O/c1-11-9-15(20(2)19-11)16(21)17-8-7-12-10-18-14-6-4-3-5-13(12)14/h3-6,9,12,18H,7-8,10H2,1-2H3,(H,17,21). The largest absolute Gasteiger partial charge is 0.384 e. The van der Waals surface area contributed by atoms with Gasteiger partial charge in [0, 0.05) is 31.7 Å². The van der Waals surface area contributed by atoms with Crippen LogP contribution in [0.1, 0.15) is 34.1 Å². The molecule has 0 spiro atoms. The summed E-state index contributed by atoms with van der Waals surface area (Å²) in [4.78, 5) is 12.1. The predicted molar refractivity (Wildman–Crippen MR) is 82.6 cm³/mol. The Labute approximate surface area is 124 Å². The maximum atomic E-state index is 12.1. The number of hydrogen-bond acceptors (Lipinski definition) is 3. The monoisotopic (exact) mass is 284 g/mol. The third-order valence-electron chi connectivity index (χ3n) is 3.95. The number of rotatable bonds is 4. The molecule has 0 saturated heterocycles. The Hall–Kier alpha value is -2.30. The van der Waals surface area contributed by atoms with E-state index in [9.17, 15) is 4.79 Å². The van der Waals surface area contributed by atoms with Gasteiger partial charge >= 0.3 is 0 Å². The van der Waals surface area contributed by atoms with Crippen LogP contribution >= 0.6 is 0 Å². The minimum Gasteiger partial charge on any atom is -0.384 e. The zero-order valence-corrected chi connectivity index (χ0v) is 12.4. The van der Waals surface area contributed by atoms with E-state index in [1.54, 1.807) is 11.7 Å². The van der Waals surface area contributed by atoms with Gasteiger partial charge in [-0.1, -0.05) is 18.2 Å². The molecule has 0 aliphatic carbocycles. The second kappa shape index (κ2) is 5.60. The highest BCUT2D eigenvalue weighted by Crippen LogP contribution is 2.32. The molecule has 2 aromatic rings. The molecule has 2 heterocycles. The van der Waals surface area contributed by atoms with Crippen molar-refractivity contribution in [2.75, 3.05) is 18.4 Å². The fourth-order valence-electron chi connectivity index (χ4n) is 2.89. The van der Waals surface area contributed by atoms with Crippen LogP contribution in [0.5, 0.6) is 0 Å². The fourth-order valence-corrected chi connectivity index (χ4v) is 2.89. The second-order valence-corrected chi connectivity index (χ2v) is 5.50. The summed E-state index contributed by atoms with van der Waals surface area (Å²) >= 11 is 0. The summed E-state index contributed by atoms with van der Waals surface area (Å²) in [6.07, 6.45) is 0.937. The number of hydrogen-bond donors (Lipinski definition) is 2. The van der Waals surface area contributed by atoms with E-state index in [2.05, 4.69) is 33.9 Å². The molecule has 1 aromatic heterocycles. The zero-order chi connectivity index (χ0) is 14.8. The molecule has 2 N–H and O–H groups in total. The number of amides is 1. The van der Waals surface area contributed by atoms with Crippen LogP contribution in [0.4, 0.5) is 5.69 Å². The quantitative estimate of drug-likeness (QED) is 0.903. The van der Waals surface area contributed by atoms with E-state index in [1.807, 2.05) is 19.1 Å². The van der Waals surface area contributed by atoms with E-state index in [0.29, 0.717) is 18.2 Å². The summed E-state index contributed by atoms with van der Waals surface area (Å²) in [6, 6.07) is 10.2. The number of para-hydroxylation sites is 1. The molecule has 0 radical (unpaired) electrons. The van der Waals surface area contributed by atoms with Crippen molar-refractivity contribution < 1.29 is 4.79 Å². The lowest BCUT2D eigenvalue weighted by atomic mass is 9.98. The molecule has 5 nitrogen and oxygen atoms in total. The van der Waals surface area contributed by atoms with Gasteiger partial charge in [0.1, 0.15) is 5.69 Å². The molecule has 1 aliphatic rings. The van der Waals surface area contributed by atoms with Crippen LogP contribution in [0, 0.1) is 6.92 Å². The number of carbonyl (C=O) groups excluding carboxylic acids is 1. The van der Waals surface area contributed by atoms with E-state index in [-0.39, 0.29) is 5.91 Å². The lowest BCUT2D eigenvalue weighted by Crippen LogP contribution is -2.27. The van der Waals surface area contributed by atoms with Crippen molar-refractivity contribution in [3.8, 4) is 0 Å². The van der Waals surface area contributed by atoms with Crippen LogP contribution in [-0.2, 0) is 7.05 Å². The van der Waals surface area contributed by atoms with Crippen LogP contribution in [0.15, 0.2) is 30.3 Å². The van der Waals surface area contributed by atoms with Gasteiger partial charge in [-0.25, -0.2) is 0 Å². The van der Waals surface area contributed by atoms with Crippen LogP contribution in [0.3, 0.4) is 0 Å². The van der Waals surface area contributed by atoms with Crippen molar-refractivity contribution in [2.24, 2.45) is 7.05 Å². The summed E-state index contributed by atoms with van der Waals surface area (Å²) in [5.74, 6) is 0.409. The van der Waals surface area contributed by atoms with E-state index in [1.165, 1.54) is 11.3 Å². The first kappa shape index (κ1) is 13.7. The van der Waals surface area contributed by atoms with Gasteiger partial charge in [0.25, 0.3) is 5.91 Å². The van der Waals surface area contributed by atoms with Gasteiger partial charge in [0.2, 0.25) is 0 Å². The Kier molecular flexibility index (Phi) is 3.64. The Balaban J connectivity index is 1.55.